The quantitative estimate of drug-likeness (QED) is 0.841. The van der Waals surface area contributed by atoms with Crippen LogP contribution in [0.25, 0.3) is 0 Å². The lowest BCUT2D eigenvalue weighted by molar-refractivity contribution is 0.188. The summed E-state index contributed by atoms with van der Waals surface area (Å²) in [6.45, 7) is 4.20. The third-order valence-electron chi connectivity index (χ3n) is 4.07. The molecule has 0 radical (unpaired) electrons. The second kappa shape index (κ2) is 5.54. The molecule has 1 aromatic rings. The van der Waals surface area contributed by atoms with Crippen molar-refractivity contribution in [1.29, 1.82) is 0 Å². The zero-order valence-electron chi connectivity index (χ0n) is 11.8. The fourth-order valence-corrected chi connectivity index (χ4v) is 4.54. The van der Waals surface area contributed by atoms with Crippen LogP contribution < -0.4 is 10.5 Å². The number of halogens is 1. The molecular weight excluding hydrogens is 296 g/mol. The summed E-state index contributed by atoms with van der Waals surface area (Å²) in [5.41, 5.74) is 5.95. The van der Waals surface area contributed by atoms with Crippen molar-refractivity contribution in [3.05, 3.63) is 23.2 Å². The van der Waals surface area contributed by atoms with E-state index in [0.29, 0.717) is 5.02 Å². The Morgan fingerprint density at radius 1 is 1.35 bits per heavy atom. The third kappa shape index (κ3) is 3.27. The van der Waals surface area contributed by atoms with Crippen molar-refractivity contribution in [1.82, 2.24) is 4.72 Å². The SMILES string of the molecule is CC1(C)CCCCC1NS(=O)(=O)c1cc(Cl)ccc1N. The van der Waals surface area contributed by atoms with Crippen molar-refractivity contribution >= 4 is 27.3 Å². The highest BCUT2D eigenvalue weighted by atomic mass is 35.5. The van der Waals surface area contributed by atoms with Gasteiger partial charge in [0.2, 0.25) is 10.0 Å². The van der Waals surface area contributed by atoms with Gasteiger partial charge in [0.25, 0.3) is 0 Å². The minimum absolute atomic E-state index is 0.0430. The summed E-state index contributed by atoms with van der Waals surface area (Å²) < 4.78 is 27.8. The normalized spacial score (nSPS) is 22.6. The number of anilines is 1. The third-order valence-corrected chi connectivity index (χ3v) is 5.83. The summed E-state index contributed by atoms with van der Waals surface area (Å²) in [6, 6.07) is 4.43. The van der Waals surface area contributed by atoms with E-state index >= 15 is 0 Å². The molecule has 0 saturated heterocycles. The number of sulfonamides is 1. The first kappa shape index (κ1) is 15.6. The minimum Gasteiger partial charge on any atom is -0.398 e. The van der Waals surface area contributed by atoms with Crippen molar-refractivity contribution in [3.63, 3.8) is 0 Å². The Morgan fingerprint density at radius 3 is 2.70 bits per heavy atom. The van der Waals surface area contributed by atoms with E-state index < -0.39 is 10.0 Å². The second-order valence-corrected chi connectivity index (χ2v) is 8.21. The Hall–Kier alpha value is -0.780. The predicted octanol–water partition coefficient (Wildman–Crippen LogP) is 3.17. The van der Waals surface area contributed by atoms with E-state index in [9.17, 15) is 8.42 Å². The summed E-state index contributed by atoms with van der Waals surface area (Å²) in [5.74, 6) is 0. The Bertz CT molecular complexity index is 599. The molecule has 2 rings (SSSR count). The van der Waals surface area contributed by atoms with Gasteiger partial charge in [0.05, 0.1) is 5.69 Å². The highest BCUT2D eigenvalue weighted by molar-refractivity contribution is 7.89. The van der Waals surface area contributed by atoms with Crippen molar-refractivity contribution in [3.8, 4) is 0 Å². The molecule has 0 spiro atoms. The molecule has 1 fully saturated rings. The number of hydrogen-bond donors (Lipinski definition) is 2. The van der Waals surface area contributed by atoms with Gasteiger partial charge in [-0.05, 0) is 36.5 Å². The molecule has 0 bridgehead atoms. The molecule has 0 heterocycles. The number of nitrogen functional groups attached to an aromatic ring is 1. The lowest BCUT2D eigenvalue weighted by Crippen LogP contribution is -2.46. The van der Waals surface area contributed by atoms with Gasteiger partial charge in [0.15, 0.2) is 0 Å². The summed E-state index contributed by atoms with van der Waals surface area (Å²) in [7, 11) is -3.64. The molecule has 1 unspecified atom stereocenters. The van der Waals surface area contributed by atoms with E-state index in [4.69, 9.17) is 17.3 Å². The number of benzene rings is 1. The largest absolute Gasteiger partial charge is 0.398 e. The molecule has 0 aliphatic heterocycles. The first-order chi connectivity index (χ1) is 9.22. The van der Waals surface area contributed by atoms with Gasteiger partial charge in [-0.2, -0.15) is 0 Å². The maximum atomic E-state index is 12.5. The molecule has 1 aliphatic rings. The molecule has 0 aromatic heterocycles. The van der Waals surface area contributed by atoms with E-state index in [1.807, 2.05) is 0 Å². The average Bonchev–Trinajstić information content (AvgIpc) is 2.34. The van der Waals surface area contributed by atoms with Crippen LogP contribution in [0.2, 0.25) is 5.02 Å². The Labute approximate surface area is 125 Å². The Balaban J connectivity index is 2.29. The van der Waals surface area contributed by atoms with E-state index in [1.165, 1.54) is 12.1 Å². The van der Waals surface area contributed by atoms with Gasteiger partial charge in [-0.15, -0.1) is 0 Å². The number of hydrogen-bond acceptors (Lipinski definition) is 3. The highest BCUT2D eigenvalue weighted by Crippen LogP contribution is 2.36. The lowest BCUT2D eigenvalue weighted by atomic mass is 9.74. The van der Waals surface area contributed by atoms with Gasteiger partial charge >= 0.3 is 0 Å². The van der Waals surface area contributed by atoms with Gasteiger partial charge in [0, 0.05) is 11.1 Å². The van der Waals surface area contributed by atoms with E-state index in [1.54, 1.807) is 6.07 Å². The van der Waals surface area contributed by atoms with Crippen LogP contribution in [-0.2, 0) is 10.0 Å². The average molecular weight is 317 g/mol. The summed E-state index contributed by atoms with van der Waals surface area (Å²) in [5, 5.41) is 0.363. The van der Waals surface area contributed by atoms with Crippen molar-refractivity contribution < 1.29 is 8.42 Å². The van der Waals surface area contributed by atoms with Crippen LogP contribution in [-0.4, -0.2) is 14.5 Å². The maximum absolute atomic E-state index is 12.5. The molecule has 3 N–H and O–H groups in total. The fraction of sp³-hybridized carbons (Fsp3) is 0.571. The van der Waals surface area contributed by atoms with Crippen molar-refractivity contribution in [2.75, 3.05) is 5.73 Å². The van der Waals surface area contributed by atoms with Crippen LogP contribution in [0.5, 0.6) is 0 Å². The molecule has 1 aliphatic carbocycles. The van der Waals surface area contributed by atoms with Crippen LogP contribution in [0, 0.1) is 5.41 Å². The Morgan fingerprint density at radius 2 is 2.05 bits per heavy atom. The first-order valence-electron chi connectivity index (χ1n) is 6.80. The van der Waals surface area contributed by atoms with Crippen LogP contribution in [0.15, 0.2) is 23.1 Å². The van der Waals surface area contributed by atoms with Gasteiger partial charge < -0.3 is 5.73 Å². The van der Waals surface area contributed by atoms with E-state index in [0.717, 1.165) is 25.7 Å². The molecule has 0 amide bonds. The number of rotatable bonds is 3. The van der Waals surface area contributed by atoms with Crippen LogP contribution >= 0.6 is 11.6 Å². The molecule has 1 atom stereocenters. The van der Waals surface area contributed by atoms with Crippen LogP contribution in [0.3, 0.4) is 0 Å². The van der Waals surface area contributed by atoms with E-state index in [-0.39, 0.29) is 22.0 Å². The zero-order chi connectivity index (χ0) is 15.0. The zero-order valence-corrected chi connectivity index (χ0v) is 13.4. The summed E-state index contributed by atoms with van der Waals surface area (Å²) >= 11 is 5.87. The summed E-state index contributed by atoms with van der Waals surface area (Å²) in [4.78, 5) is 0.0615. The topological polar surface area (TPSA) is 72.2 Å². The number of nitrogens with two attached hydrogens (primary N) is 1. The van der Waals surface area contributed by atoms with Crippen molar-refractivity contribution in [2.45, 2.75) is 50.5 Å². The summed E-state index contributed by atoms with van der Waals surface area (Å²) in [6.07, 6.45) is 4.06. The monoisotopic (exact) mass is 316 g/mol. The molecule has 4 nitrogen and oxygen atoms in total. The fourth-order valence-electron chi connectivity index (χ4n) is 2.70. The molecule has 112 valence electrons. The van der Waals surface area contributed by atoms with Gasteiger partial charge in [-0.1, -0.05) is 38.3 Å². The highest BCUT2D eigenvalue weighted by Gasteiger charge is 2.35. The minimum atomic E-state index is -3.64. The van der Waals surface area contributed by atoms with Crippen LogP contribution in [0.4, 0.5) is 5.69 Å². The van der Waals surface area contributed by atoms with Gasteiger partial charge in [-0.3, -0.25) is 0 Å². The maximum Gasteiger partial charge on any atom is 0.242 e. The standard InChI is InChI=1S/C14H21ClN2O2S/c1-14(2)8-4-3-5-13(14)17-20(18,19)12-9-10(15)6-7-11(12)16/h6-7,9,13,17H,3-5,8,16H2,1-2H3. The van der Waals surface area contributed by atoms with Gasteiger partial charge in [0.1, 0.15) is 4.90 Å². The molecule has 20 heavy (non-hydrogen) atoms. The molecule has 1 saturated carbocycles. The second-order valence-electron chi connectivity index (χ2n) is 6.09. The lowest BCUT2D eigenvalue weighted by Gasteiger charge is -2.38. The van der Waals surface area contributed by atoms with E-state index in [2.05, 4.69) is 18.6 Å². The smallest absolute Gasteiger partial charge is 0.242 e. The first-order valence-corrected chi connectivity index (χ1v) is 8.66. The molecule has 6 heteroatoms. The number of nitrogens with one attached hydrogen (secondary N) is 1. The Kier molecular flexibility index (Phi) is 4.33. The van der Waals surface area contributed by atoms with Crippen LogP contribution in [0.1, 0.15) is 39.5 Å². The van der Waals surface area contributed by atoms with Crippen molar-refractivity contribution in [2.24, 2.45) is 5.41 Å². The predicted molar refractivity (Wildman–Crippen MR) is 82.2 cm³/mol. The molecular formula is C14H21ClN2O2S. The van der Waals surface area contributed by atoms with Gasteiger partial charge in [-0.25, -0.2) is 13.1 Å². The molecule has 1 aromatic carbocycles.